The van der Waals surface area contributed by atoms with Crippen molar-refractivity contribution >= 4 is 40.2 Å². The number of anilines is 1. The van der Waals surface area contributed by atoms with Gasteiger partial charge in [0, 0.05) is 29.6 Å². The van der Waals surface area contributed by atoms with Gasteiger partial charge in [-0.2, -0.15) is 10.5 Å². The number of esters is 1. The second-order valence-electron chi connectivity index (χ2n) is 7.97. The van der Waals surface area contributed by atoms with Crippen molar-refractivity contribution in [1.82, 2.24) is 4.90 Å². The second kappa shape index (κ2) is 10.5. The Morgan fingerprint density at radius 2 is 1.39 bits per heavy atom. The highest BCUT2D eigenvalue weighted by Crippen LogP contribution is 2.32. The van der Waals surface area contributed by atoms with E-state index in [1.54, 1.807) is 24.3 Å². The summed E-state index contributed by atoms with van der Waals surface area (Å²) >= 11 is 0. The lowest BCUT2D eigenvalue weighted by Crippen LogP contribution is -2.40. The fourth-order valence-corrected chi connectivity index (χ4v) is 4.04. The van der Waals surface area contributed by atoms with Gasteiger partial charge in [0.05, 0.1) is 36.2 Å². The number of carbonyl (C=O) groups is 4. The predicted molar refractivity (Wildman–Crippen MR) is 129 cm³/mol. The molecule has 9 heteroatoms. The van der Waals surface area contributed by atoms with E-state index in [2.05, 4.69) is 0 Å². The molecule has 0 saturated carbocycles. The van der Waals surface area contributed by atoms with Crippen molar-refractivity contribution in [2.75, 3.05) is 24.6 Å². The molecule has 0 spiro atoms. The molecule has 0 unspecified atom stereocenters. The molecular weight excluding hydrogens is 460 g/mol. The number of imide groups is 1. The molecule has 0 bridgehead atoms. The summed E-state index contributed by atoms with van der Waals surface area (Å²) in [6, 6.07) is 20.2. The van der Waals surface area contributed by atoms with E-state index in [-0.39, 0.29) is 31.5 Å². The SMILES string of the molecule is N#CCCN(CCC#N)C(=O)COC(=O)c1ccc(N2C(=O)c3cccc4cccc(c34)C2=O)cc1. The third-order valence-electron chi connectivity index (χ3n) is 5.80. The number of nitrogens with zero attached hydrogens (tertiary/aromatic N) is 4. The van der Waals surface area contributed by atoms with Crippen molar-refractivity contribution in [1.29, 1.82) is 10.5 Å². The number of benzene rings is 3. The van der Waals surface area contributed by atoms with Crippen LogP contribution in [0.4, 0.5) is 5.69 Å². The van der Waals surface area contributed by atoms with Gasteiger partial charge < -0.3 is 9.64 Å². The van der Waals surface area contributed by atoms with Crippen LogP contribution in [0.25, 0.3) is 10.8 Å². The van der Waals surface area contributed by atoms with Gasteiger partial charge in [0.25, 0.3) is 17.7 Å². The summed E-state index contributed by atoms with van der Waals surface area (Å²) in [7, 11) is 0. The van der Waals surface area contributed by atoms with Crippen LogP contribution in [0.3, 0.4) is 0 Å². The van der Waals surface area contributed by atoms with Gasteiger partial charge in [0.15, 0.2) is 6.61 Å². The van der Waals surface area contributed by atoms with E-state index in [9.17, 15) is 19.2 Å². The van der Waals surface area contributed by atoms with Gasteiger partial charge in [-0.1, -0.05) is 24.3 Å². The highest BCUT2D eigenvalue weighted by Gasteiger charge is 2.33. The molecule has 0 N–H and O–H groups in total. The molecule has 0 aromatic heterocycles. The lowest BCUT2D eigenvalue weighted by Gasteiger charge is -2.27. The van der Waals surface area contributed by atoms with Gasteiger partial charge in [0.1, 0.15) is 0 Å². The summed E-state index contributed by atoms with van der Waals surface area (Å²) < 4.78 is 5.10. The van der Waals surface area contributed by atoms with Crippen molar-refractivity contribution in [3.63, 3.8) is 0 Å². The highest BCUT2D eigenvalue weighted by molar-refractivity contribution is 6.35. The average molecular weight is 480 g/mol. The topological polar surface area (TPSA) is 132 Å². The minimum atomic E-state index is -0.762. The maximum absolute atomic E-state index is 13.2. The fraction of sp³-hybridized carbons (Fsp3) is 0.185. The molecule has 0 atom stereocenters. The van der Waals surface area contributed by atoms with Crippen LogP contribution in [-0.4, -0.2) is 48.3 Å². The van der Waals surface area contributed by atoms with Crippen molar-refractivity contribution < 1.29 is 23.9 Å². The Bertz CT molecular complexity index is 1380. The molecule has 4 rings (SSSR count). The minimum Gasteiger partial charge on any atom is -0.452 e. The summed E-state index contributed by atoms with van der Waals surface area (Å²) in [5, 5.41) is 18.9. The number of ether oxygens (including phenoxy) is 1. The molecule has 0 saturated heterocycles. The zero-order valence-electron chi connectivity index (χ0n) is 19.1. The maximum atomic E-state index is 13.2. The predicted octanol–water partition coefficient (Wildman–Crippen LogP) is 3.45. The largest absolute Gasteiger partial charge is 0.452 e. The summed E-state index contributed by atoms with van der Waals surface area (Å²) in [6.07, 6.45) is 0.193. The zero-order valence-corrected chi connectivity index (χ0v) is 19.1. The smallest absolute Gasteiger partial charge is 0.338 e. The van der Waals surface area contributed by atoms with Crippen molar-refractivity contribution in [2.45, 2.75) is 12.8 Å². The van der Waals surface area contributed by atoms with Gasteiger partial charge >= 0.3 is 5.97 Å². The van der Waals surface area contributed by atoms with Crippen molar-refractivity contribution in [3.05, 3.63) is 77.4 Å². The summed E-state index contributed by atoms with van der Waals surface area (Å²) in [5.74, 6) is -2.19. The van der Waals surface area contributed by atoms with Gasteiger partial charge in [0.2, 0.25) is 0 Å². The van der Waals surface area contributed by atoms with E-state index in [0.29, 0.717) is 22.2 Å². The summed E-state index contributed by atoms with van der Waals surface area (Å²) in [4.78, 5) is 53.5. The molecule has 0 aliphatic carbocycles. The Hall–Kier alpha value is -5.02. The van der Waals surface area contributed by atoms with Gasteiger partial charge in [-0.3, -0.25) is 14.4 Å². The molecule has 1 aliphatic heterocycles. The van der Waals surface area contributed by atoms with E-state index in [1.807, 2.05) is 24.3 Å². The molecule has 1 heterocycles. The van der Waals surface area contributed by atoms with Crippen LogP contribution in [0.5, 0.6) is 0 Å². The molecule has 9 nitrogen and oxygen atoms in total. The third-order valence-corrected chi connectivity index (χ3v) is 5.80. The molecule has 3 aromatic rings. The van der Waals surface area contributed by atoms with E-state index < -0.39 is 30.3 Å². The Labute approximate surface area is 206 Å². The van der Waals surface area contributed by atoms with Crippen LogP contribution in [0, 0.1) is 22.7 Å². The highest BCUT2D eigenvalue weighted by atomic mass is 16.5. The Balaban J connectivity index is 1.46. The summed E-state index contributed by atoms with van der Waals surface area (Å²) in [5.41, 5.74) is 1.26. The summed E-state index contributed by atoms with van der Waals surface area (Å²) in [6.45, 7) is -0.267. The number of amides is 3. The van der Waals surface area contributed by atoms with Crippen LogP contribution in [0.1, 0.15) is 43.9 Å². The monoisotopic (exact) mass is 480 g/mol. The first-order valence-electron chi connectivity index (χ1n) is 11.2. The van der Waals surface area contributed by atoms with Crippen LogP contribution in [0.15, 0.2) is 60.7 Å². The van der Waals surface area contributed by atoms with E-state index >= 15 is 0 Å². The van der Waals surface area contributed by atoms with Gasteiger partial charge in [-0.25, -0.2) is 9.69 Å². The molecule has 0 radical (unpaired) electrons. The fourth-order valence-electron chi connectivity index (χ4n) is 4.04. The second-order valence-corrected chi connectivity index (χ2v) is 7.97. The van der Waals surface area contributed by atoms with E-state index in [1.165, 1.54) is 29.2 Å². The Kier molecular flexibility index (Phi) is 7.03. The first kappa shape index (κ1) is 24.1. The van der Waals surface area contributed by atoms with Crippen LogP contribution >= 0.6 is 0 Å². The first-order valence-corrected chi connectivity index (χ1v) is 11.2. The van der Waals surface area contributed by atoms with Crippen LogP contribution < -0.4 is 4.90 Å². The number of hydrogen-bond acceptors (Lipinski definition) is 7. The lowest BCUT2D eigenvalue weighted by molar-refractivity contribution is -0.134. The minimum absolute atomic E-state index is 0.0967. The first-order chi connectivity index (χ1) is 17.5. The third kappa shape index (κ3) is 4.63. The van der Waals surface area contributed by atoms with E-state index in [4.69, 9.17) is 15.3 Å². The Morgan fingerprint density at radius 1 is 0.833 bits per heavy atom. The molecule has 178 valence electrons. The molecule has 36 heavy (non-hydrogen) atoms. The molecule has 3 aromatic carbocycles. The lowest BCUT2D eigenvalue weighted by atomic mass is 9.94. The standard InChI is InChI=1S/C27H20N4O5/c28-13-3-15-30(16-4-14-29)23(32)17-36-27(35)19-9-11-20(12-10-19)31-25(33)21-7-1-5-18-6-2-8-22(24(18)21)26(31)34/h1-2,5-12H,3-4,15-17H2. The number of carbonyl (C=O) groups excluding carboxylic acids is 4. The zero-order chi connectivity index (χ0) is 25.7. The average Bonchev–Trinajstić information content (AvgIpc) is 2.90. The molecular formula is C27H20N4O5. The van der Waals surface area contributed by atoms with Crippen LogP contribution in [-0.2, 0) is 9.53 Å². The number of nitriles is 2. The normalized spacial score (nSPS) is 12.1. The van der Waals surface area contributed by atoms with E-state index in [0.717, 1.165) is 10.3 Å². The maximum Gasteiger partial charge on any atom is 0.338 e. The number of rotatable bonds is 8. The number of hydrogen-bond donors (Lipinski definition) is 0. The van der Waals surface area contributed by atoms with Gasteiger partial charge in [-0.15, -0.1) is 0 Å². The Morgan fingerprint density at radius 3 is 1.92 bits per heavy atom. The van der Waals surface area contributed by atoms with Crippen molar-refractivity contribution in [3.8, 4) is 12.1 Å². The quantitative estimate of drug-likeness (QED) is 0.356. The van der Waals surface area contributed by atoms with Gasteiger partial charge in [-0.05, 0) is 41.8 Å². The van der Waals surface area contributed by atoms with Crippen molar-refractivity contribution in [2.24, 2.45) is 0 Å². The molecule has 0 fully saturated rings. The molecule has 3 amide bonds. The van der Waals surface area contributed by atoms with Crippen LogP contribution in [0.2, 0.25) is 0 Å². The molecule has 1 aliphatic rings.